The molecule has 0 saturated heterocycles. The monoisotopic (exact) mass is 346 g/mol. The molecule has 1 amide bonds. The Morgan fingerprint density at radius 3 is 3.00 bits per heavy atom. The summed E-state index contributed by atoms with van der Waals surface area (Å²) in [6.45, 7) is 1.92. The van der Waals surface area contributed by atoms with Gasteiger partial charge in [0.15, 0.2) is 5.58 Å². The Bertz CT molecular complexity index is 1050. The van der Waals surface area contributed by atoms with Crippen LogP contribution in [0.5, 0.6) is 0 Å². The van der Waals surface area contributed by atoms with Crippen molar-refractivity contribution in [1.29, 1.82) is 0 Å². The third-order valence-corrected chi connectivity index (χ3v) is 4.98. The third kappa shape index (κ3) is 2.54. The van der Waals surface area contributed by atoms with Crippen molar-refractivity contribution in [3.8, 4) is 0 Å². The first-order chi connectivity index (χ1) is 12.7. The average Bonchev–Trinajstić information content (AvgIpc) is 3.14. The Labute approximate surface area is 149 Å². The zero-order valence-electron chi connectivity index (χ0n) is 14.3. The molecule has 2 N–H and O–H groups in total. The second-order valence-corrected chi connectivity index (χ2v) is 6.85. The highest BCUT2D eigenvalue weighted by Crippen LogP contribution is 2.47. The van der Waals surface area contributed by atoms with Crippen LogP contribution in [-0.4, -0.2) is 20.9 Å². The van der Waals surface area contributed by atoms with E-state index in [4.69, 9.17) is 4.42 Å². The molecule has 26 heavy (non-hydrogen) atoms. The zero-order valence-corrected chi connectivity index (χ0v) is 14.3. The van der Waals surface area contributed by atoms with E-state index >= 15 is 0 Å². The summed E-state index contributed by atoms with van der Waals surface area (Å²) in [6, 6.07) is 13.3. The third-order valence-electron chi connectivity index (χ3n) is 4.98. The lowest BCUT2D eigenvalue weighted by molar-refractivity contribution is -0.123. The molecule has 0 aliphatic heterocycles. The predicted octanol–water partition coefficient (Wildman–Crippen LogP) is 3.69. The van der Waals surface area contributed by atoms with Gasteiger partial charge >= 0.3 is 0 Å². The highest BCUT2D eigenvalue weighted by molar-refractivity contribution is 5.84. The Morgan fingerprint density at radius 1 is 1.27 bits per heavy atom. The molecule has 6 nitrogen and oxygen atoms in total. The van der Waals surface area contributed by atoms with Crippen LogP contribution in [-0.2, 0) is 4.79 Å². The summed E-state index contributed by atoms with van der Waals surface area (Å²) in [5, 5.41) is 3.05. The number of imidazole rings is 1. The SMILES string of the molecule is CC(NC(=O)[C@H]1C[C@@H]1c1nc2ccccc2[nH]1)c1cc2ncccc2o1. The number of carbonyl (C=O) groups excluding carboxylic acids is 1. The van der Waals surface area contributed by atoms with Crippen molar-refractivity contribution < 1.29 is 9.21 Å². The van der Waals surface area contributed by atoms with Crippen molar-refractivity contribution in [2.24, 2.45) is 5.92 Å². The average molecular weight is 346 g/mol. The predicted molar refractivity (Wildman–Crippen MR) is 97.5 cm³/mol. The van der Waals surface area contributed by atoms with Crippen LogP contribution in [0.2, 0.25) is 0 Å². The molecule has 130 valence electrons. The van der Waals surface area contributed by atoms with Crippen LogP contribution >= 0.6 is 0 Å². The molecule has 1 fully saturated rings. The van der Waals surface area contributed by atoms with Gasteiger partial charge in [-0.25, -0.2) is 4.98 Å². The number of para-hydroxylation sites is 2. The lowest BCUT2D eigenvalue weighted by atomic mass is 10.2. The molecule has 3 aromatic heterocycles. The molecule has 1 unspecified atom stereocenters. The van der Waals surface area contributed by atoms with Crippen LogP contribution in [0.25, 0.3) is 22.1 Å². The molecular formula is C20H18N4O2. The van der Waals surface area contributed by atoms with E-state index in [-0.39, 0.29) is 23.8 Å². The number of nitrogens with zero attached hydrogens (tertiary/aromatic N) is 2. The van der Waals surface area contributed by atoms with Gasteiger partial charge in [0.25, 0.3) is 0 Å². The summed E-state index contributed by atoms with van der Waals surface area (Å²) < 4.78 is 5.79. The number of hydrogen-bond acceptors (Lipinski definition) is 4. The largest absolute Gasteiger partial charge is 0.457 e. The first kappa shape index (κ1) is 15.1. The molecule has 5 rings (SSSR count). The Kier molecular flexibility index (Phi) is 3.31. The maximum Gasteiger partial charge on any atom is 0.224 e. The van der Waals surface area contributed by atoms with Crippen molar-refractivity contribution >= 4 is 28.0 Å². The van der Waals surface area contributed by atoms with Crippen LogP contribution < -0.4 is 5.32 Å². The van der Waals surface area contributed by atoms with Crippen molar-refractivity contribution in [3.05, 3.63) is 60.2 Å². The van der Waals surface area contributed by atoms with Gasteiger partial charge in [-0.15, -0.1) is 0 Å². The smallest absolute Gasteiger partial charge is 0.224 e. The molecule has 1 aromatic carbocycles. The zero-order chi connectivity index (χ0) is 17.7. The molecule has 1 aliphatic carbocycles. The minimum absolute atomic E-state index is 0.0383. The first-order valence-corrected chi connectivity index (χ1v) is 8.78. The van der Waals surface area contributed by atoms with E-state index in [0.29, 0.717) is 5.76 Å². The van der Waals surface area contributed by atoms with Crippen LogP contribution in [0.15, 0.2) is 53.1 Å². The number of fused-ring (bicyclic) bond motifs is 2. The molecule has 0 radical (unpaired) electrons. The maximum atomic E-state index is 12.6. The van der Waals surface area contributed by atoms with E-state index in [1.54, 1.807) is 6.20 Å². The van der Waals surface area contributed by atoms with Gasteiger partial charge in [-0.05, 0) is 37.6 Å². The quantitative estimate of drug-likeness (QED) is 0.590. The molecule has 3 heterocycles. The number of aromatic nitrogens is 3. The summed E-state index contributed by atoms with van der Waals surface area (Å²) in [5.74, 6) is 1.77. The van der Waals surface area contributed by atoms with E-state index < -0.39 is 0 Å². The van der Waals surface area contributed by atoms with Crippen LogP contribution in [0.3, 0.4) is 0 Å². The number of amides is 1. The Hall–Kier alpha value is -3.15. The number of carbonyl (C=O) groups is 1. The molecule has 1 saturated carbocycles. The van der Waals surface area contributed by atoms with Crippen molar-refractivity contribution in [3.63, 3.8) is 0 Å². The van der Waals surface area contributed by atoms with Crippen molar-refractivity contribution in [1.82, 2.24) is 20.3 Å². The number of rotatable bonds is 4. The first-order valence-electron chi connectivity index (χ1n) is 8.78. The second-order valence-electron chi connectivity index (χ2n) is 6.85. The Morgan fingerprint density at radius 2 is 2.15 bits per heavy atom. The van der Waals surface area contributed by atoms with Gasteiger partial charge in [-0.1, -0.05) is 12.1 Å². The molecule has 4 aromatic rings. The van der Waals surface area contributed by atoms with Gasteiger partial charge in [0.2, 0.25) is 5.91 Å². The maximum absolute atomic E-state index is 12.6. The second kappa shape index (κ2) is 5.69. The van der Waals surface area contributed by atoms with E-state index in [2.05, 4.69) is 20.3 Å². The standard InChI is InChI=1S/C20H18N4O2/c1-11(18-10-16-17(26-18)7-4-8-21-16)22-20(25)13-9-12(13)19-23-14-5-2-3-6-15(14)24-19/h2-8,10-13H,9H2,1H3,(H,22,25)(H,23,24)/t11?,12-,13-/m0/s1. The molecule has 6 heteroatoms. The number of H-pyrrole nitrogens is 1. The minimum atomic E-state index is -0.200. The van der Waals surface area contributed by atoms with Crippen LogP contribution in [0.1, 0.15) is 36.9 Å². The van der Waals surface area contributed by atoms with E-state index in [1.807, 2.05) is 49.4 Å². The molecule has 3 atom stereocenters. The van der Waals surface area contributed by atoms with Gasteiger partial charge < -0.3 is 14.7 Å². The lowest BCUT2D eigenvalue weighted by Crippen LogP contribution is -2.28. The topological polar surface area (TPSA) is 83.8 Å². The Balaban J connectivity index is 1.28. The van der Waals surface area contributed by atoms with Crippen LogP contribution in [0, 0.1) is 5.92 Å². The van der Waals surface area contributed by atoms with Gasteiger partial charge in [0.1, 0.15) is 17.1 Å². The van der Waals surface area contributed by atoms with E-state index in [0.717, 1.165) is 34.4 Å². The lowest BCUT2D eigenvalue weighted by Gasteiger charge is -2.10. The summed E-state index contributed by atoms with van der Waals surface area (Å²) in [4.78, 5) is 24.8. The fourth-order valence-corrected chi connectivity index (χ4v) is 3.43. The minimum Gasteiger partial charge on any atom is -0.457 e. The van der Waals surface area contributed by atoms with Crippen molar-refractivity contribution in [2.75, 3.05) is 0 Å². The van der Waals surface area contributed by atoms with Crippen molar-refractivity contribution in [2.45, 2.75) is 25.3 Å². The van der Waals surface area contributed by atoms with E-state index in [9.17, 15) is 4.79 Å². The highest BCUT2D eigenvalue weighted by Gasteiger charge is 2.46. The van der Waals surface area contributed by atoms with Crippen LogP contribution in [0.4, 0.5) is 0 Å². The molecular weight excluding hydrogens is 328 g/mol. The number of furan rings is 1. The van der Waals surface area contributed by atoms with Gasteiger partial charge in [-0.2, -0.15) is 0 Å². The molecule has 0 bridgehead atoms. The summed E-state index contributed by atoms with van der Waals surface area (Å²) >= 11 is 0. The number of nitrogens with one attached hydrogen (secondary N) is 2. The molecule has 1 aliphatic rings. The number of benzene rings is 1. The number of pyridine rings is 1. The van der Waals surface area contributed by atoms with Gasteiger partial charge in [0.05, 0.1) is 17.1 Å². The normalized spacial score (nSPS) is 20.3. The summed E-state index contributed by atoms with van der Waals surface area (Å²) in [6.07, 6.45) is 2.55. The molecule has 0 spiro atoms. The number of hydrogen-bond donors (Lipinski definition) is 2. The van der Waals surface area contributed by atoms with Gasteiger partial charge in [0, 0.05) is 24.1 Å². The highest BCUT2D eigenvalue weighted by atomic mass is 16.3. The number of aromatic amines is 1. The fourth-order valence-electron chi connectivity index (χ4n) is 3.43. The summed E-state index contributed by atoms with van der Waals surface area (Å²) in [5.41, 5.74) is 3.48. The van der Waals surface area contributed by atoms with Gasteiger partial charge in [-0.3, -0.25) is 9.78 Å². The van der Waals surface area contributed by atoms with E-state index in [1.165, 1.54) is 0 Å². The fraction of sp³-hybridized carbons (Fsp3) is 0.250. The summed E-state index contributed by atoms with van der Waals surface area (Å²) in [7, 11) is 0.